The molecule has 1 heterocycles. The fourth-order valence-electron chi connectivity index (χ4n) is 2.32. The first-order chi connectivity index (χ1) is 9.10. The van der Waals surface area contributed by atoms with E-state index in [1.165, 1.54) is 5.56 Å². The van der Waals surface area contributed by atoms with E-state index in [0.29, 0.717) is 25.0 Å². The molecule has 0 saturated heterocycles. The van der Waals surface area contributed by atoms with Crippen LogP contribution >= 0.6 is 0 Å². The van der Waals surface area contributed by atoms with Gasteiger partial charge >= 0.3 is 0 Å². The standard InChI is InChI=1S/C15H22N2O2/c1-10(2)12(16-3)8-11-4-5-14-13(9-11)17-15(18)6-7-19-14/h4-5,9-10,12,16H,6-8H2,1-3H3,(H,17,18). The number of hydrogen-bond donors (Lipinski definition) is 2. The second-order valence-corrected chi connectivity index (χ2v) is 5.32. The van der Waals surface area contributed by atoms with Crippen molar-refractivity contribution in [2.24, 2.45) is 5.92 Å². The van der Waals surface area contributed by atoms with Gasteiger partial charge < -0.3 is 15.4 Å². The summed E-state index contributed by atoms with van der Waals surface area (Å²) in [5.41, 5.74) is 2.00. The van der Waals surface area contributed by atoms with Crippen LogP contribution in [-0.4, -0.2) is 25.6 Å². The molecule has 104 valence electrons. The predicted molar refractivity (Wildman–Crippen MR) is 76.6 cm³/mol. The van der Waals surface area contributed by atoms with Gasteiger partial charge in [-0.3, -0.25) is 4.79 Å². The molecule has 1 aliphatic rings. The van der Waals surface area contributed by atoms with Gasteiger partial charge in [0.15, 0.2) is 0 Å². The second-order valence-electron chi connectivity index (χ2n) is 5.32. The molecular formula is C15H22N2O2. The third kappa shape index (κ3) is 3.47. The highest BCUT2D eigenvalue weighted by atomic mass is 16.5. The third-order valence-corrected chi connectivity index (χ3v) is 3.54. The lowest BCUT2D eigenvalue weighted by Gasteiger charge is -2.20. The number of rotatable bonds is 4. The van der Waals surface area contributed by atoms with Crippen LogP contribution in [0.5, 0.6) is 5.75 Å². The van der Waals surface area contributed by atoms with Crippen LogP contribution in [0.4, 0.5) is 5.69 Å². The summed E-state index contributed by atoms with van der Waals surface area (Å²) in [6, 6.07) is 6.47. The Bertz CT molecular complexity index is 457. The zero-order valence-corrected chi connectivity index (χ0v) is 11.8. The van der Waals surface area contributed by atoms with Gasteiger partial charge in [-0.05, 0) is 37.1 Å². The number of anilines is 1. The Morgan fingerprint density at radius 3 is 2.89 bits per heavy atom. The summed E-state index contributed by atoms with van der Waals surface area (Å²) in [5, 5.41) is 6.23. The SMILES string of the molecule is CNC(Cc1ccc2c(c1)NC(=O)CCO2)C(C)C. The molecule has 0 fully saturated rings. The van der Waals surface area contributed by atoms with Crippen LogP contribution in [-0.2, 0) is 11.2 Å². The van der Waals surface area contributed by atoms with Gasteiger partial charge in [0.1, 0.15) is 5.75 Å². The molecule has 1 aromatic rings. The van der Waals surface area contributed by atoms with E-state index in [4.69, 9.17) is 4.74 Å². The summed E-state index contributed by atoms with van der Waals surface area (Å²) < 4.78 is 5.55. The van der Waals surface area contributed by atoms with Crippen LogP contribution in [0.2, 0.25) is 0 Å². The van der Waals surface area contributed by atoms with Gasteiger partial charge in [0, 0.05) is 6.04 Å². The summed E-state index contributed by atoms with van der Waals surface area (Å²) in [6.07, 6.45) is 1.35. The maximum Gasteiger partial charge on any atom is 0.227 e. The highest BCUT2D eigenvalue weighted by Crippen LogP contribution is 2.28. The van der Waals surface area contributed by atoms with E-state index in [1.54, 1.807) is 0 Å². The van der Waals surface area contributed by atoms with Crippen molar-refractivity contribution in [3.8, 4) is 5.75 Å². The van der Waals surface area contributed by atoms with Crippen LogP contribution < -0.4 is 15.4 Å². The number of carbonyl (C=O) groups is 1. The van der Waals surface area contributed by atoms with Gasteiger partial charge in [0.05, 0.1) is 18.7 Å². The van der Waals surface area contributed by atoms with E-state index >= 15 is 0 Å². The van der Waals surface area contributed by atoms with Gasteiger partial charge in [-0.15, -0.1) is 0 Å². The molecule has 1 aromatic carbocycles. The molecular weight excluding hydrogens is 240 g/mol. The number of fused-ring (bicyclic) bond motifs is 1. The molecule has 0 radical (unpaired) electrons. The Morgan fingerprint density at radius 1 is 1.42 bits per heavy atom. The molecule has 4 heteroatoms. The van der Waals surface area contributed by atoms with Crippen molar-refractivity contribution in [3.05, 3.63) is 23.8 Å². The normalized spacial score (nSPS) is 16.3. The average molecular weight is 262 g/mol. The minimum absolute atomic E-state index is 0.0185. The largest absolute Gasteiger partial charge is 0.491 e. The van der Waals surface area contributed by atoms with Crippen molar-refractivity contribution in [3.63, 3.8) is 0 Å². The summed E-state index contributed by atoms with van der Waals surface area (Å²) in [7, 11) is 1.99. The summed E-state index contributed by atoms with van der Waals surface area (Å²) in [5.74, 6) is 1.35. The molecule has 0 spiro atoms. The molecule has 4 nitrogen and oxygen atoms in total. The van der Waals surface area contributed by atoms with E-state index in [2.05, 4.69) is 30.5 Å². The molecule has 0 saturated carbocycles. The number of benzene rings is 1. The summed E-state index contributed by atoms with van der Waals surface area (Å²) >= 11 is 0. The van der Waals surface area contributed by atoms with Crippen LogP contribution in [0, 0.1) is 5.92 Å². The average Bonchev–Trinajstić information content (AvgIpc) is 2.55. The highest BCUT2D eigenvalue weighted by molar-refractivity contribution is 5.93. The molecule has 19 heavy (non-hydrogen) atoms. The predicted octanol–water partition coefficient (Wildman–Crippen LogP) is 2.19. The Balaban J connectivity index is 2.18. The molecule has 1 unspecified atom stereocenters. The highest BCUT2D eigenvalue weighted by Gasteiger charge is 2.16. The lowest BCUT2D eigenvalue weighted by molar-refractivity contribution is -0.116. The maximum atomic E-state index is 11.5. The van der Waals surface area contributed by atoms with Gasteiger partial charge in [-0.2, -0.15) is 0 Å². The zero-order chi connectivity index (χ0) is 13.8. The molecule has 0 bridgehead atoms. The molecule has 1 aliphatic heterocycles. The van der Waals surface area contributed by atoms with Gasteiger partial charge in [0.25, 0.3) is 0 Å². The summed E-state index contributed by atoms with van der Waals surface area (Å²) in [6.45, 7) is 4.86. The van der Waals surface area contributed by atoms with Crippen LogP contribution in [0.3, 0.4) is 0 Å². The molecule has 1 amide bonds. The Hall–Kier alpha value is -1.55. The minimum Gasteiger partial charge on any atom is -0.491 e. The van der Waals surface area contributed by atoms with E-state index in [9.17, 15) is 4.79 Å². The van der Waals surface area contributed by atoms with Crippen LogP contribution in [0.15, 0.2) is 18.2 Å². The second kappa shape index (κ2) is 6.06. The number of amides is 1. The number of likely N-dealkylation sites (N-methyl/N-ethyl adjacent to an activating group) is 1. The van der Waals surface area contributed by atoms with Gasteiger partial charge in [-0.1, -0.05) is 19.9 Å². The molecule has 1 atom stereocenters. The Morgan fingerprint density at radius 2 is 2.21 bits per heavy atom. The van der Waals surface area contributed by atoms with Crippen molar-refractivity contribution in [2.75, 3.05) is 19.0 Å². The maximum absolute atomic E-state index is 11.5. The smallest absolute Gasteiger partial charge is 0.227 e. The van der Waals surface area contributed by atoms with Crippen molar-refractivity contribution < 1.29 is 9.53 Å². The minimum atomic E-state index is 0.0185. The van der Waals surface area contributed by atoms with Gasteiger partial charge in [0.2, 0.25) is 5.91 Å². The molecule has 2 rings (SSSR count). The first-order valence-electron chi connectivity index (χ1n) is 6.83. The zero-order valence-electron chi connectivity index (χ0n) is 11.8. The Labute approximate surface area is 114 Å². The lowest BCUT2D eigenvalue weighted by Crippen LogP contribution is -2.32. The number of carbonyl (C=O) groups excluding carboxylic acids is 1. The third-order valence-electron chi connectivity index (χ3n) is 3.54. The van der Waals surface area contributed by atoms with Crippen molar-refractivity contribution in [1.82, 2.24) is 5.32 Å². The fraction of sp³-hybridized carbons (Fsp3) is 0.533. The number of hydrogen-bond acceptors (Lipinski definition) is 3. The van der Waals surface area contributed by atoms with E-state index in [1.807, 2.05) is 19.2 Å². The Kier molecular flexibility index (Phi) is 4.43. The molecule has 0 aromatic heterocycles. The van der Waals surface area contributed by atoms with Crippen molar-refractivity contribution in [1.29, 1.82) is 0 Å². The molecule has 0 aliphatic carbocycles. The topological polar surface area (TPSA) is 50.4 Å². The van der Waals surface area contributed by atoms with Crippen molar-refractivity contribution in [2.45, 2.75) is 32.7 Å². The lowest BCUT2D eigenvalue weighted by atomic mass is 9.96. The number of nitrogens with one attached hydrogen (secondary N) is 2. The van der Waals surface area contributed by atoms with Gasteiger partial charge in [-0.25, -0.2) is 0 Å². The van der Waals surface area contributed by atoms with Crippen molar-refractivity contribution >= 4 is 11.6 Å². The quantitative estimate of drug-likeness (QED) is 0.874. The van der Waals surface area contributed by atoms with E-state index in [0.717, 1.165) is 17.9 Å². The van der Waals surface area contributed by atoms with Crippen LogP contribution in [0.25, 0.3) is 0 Å². The van der Waals surface area contributed by atoms with E-state index < -0.39 is 0 Å². The monoisotopic (exact) mass is 262 g/mol. The molecule has 2 N–H and O–H groups in total. The van der Waals surface area contributed by atoms with Crippen LogP contribution in [0.1, 0.15) is 25.8 Å². The van der Waals surface area contributed by atoms with E-state index in [-0.39, 0.29) is 5.91 Å². The fourth-order valence-corrected chi connectivity index (χ4v) is 2.32. The first-order valence-corrected chi connectivity index (χ1v) is 6.83. The summed E-state index contributed by atoms with van der Waals surface area (Å²) in [4.78, 5) is 11.5. The number of ether oxygens (including phenoxy) is 1. The first kappa shape index (κ1) is 13.9.